The number of hydrogen-bond donors (Lipinski definition) is 1. The lowest BCUT2D eigenvalue weighted by Crippen LogP contribution is -2.17. The smallest absolute Gasteiger partial charge is 0.0314 e. The van der Waals surface area contributed by atoms with Gasteiger partial charge < -0.3 is 5.73 Å². The summed E-state index contributed by atoms with van der Waals surface area (Å²) < 4.78 is 1.25. The van der Waals surface area contributed by atoms with E-state index in [2.05, 4.69) is 28.9 Å². The van der Waals surface area contributed by atoms with Crippen LogP contribution in [-0.4, -0.2) is 6.54 Å². The van der Waals surface area contributed by atoms with Crippen molar-refractivity contribution in [2.75, 3.05) is 6.54 Å². The minimum Gasteiger partial charge on any atom is -0.330 e. The molecule has 1 heterocycles. The third kappa shape index (κ3) is 1.97. The number of halogens is 1. The number of nitrogens with two attached hydrogens (primary N) is 1. The maximum Gasteiger partial charge on any atom is 0.0314 e. The first kappa shape index (κ1) is 9.69. The van der Waals surface area contributed by atoms with Crippen molar-refractivity contribution in [2.24, 2.45) is 11.1 Å². The maximum atomic E-state index is 5.75. The molecule has 0 aliphatic heterocycles. The molecule has 0 unspecified atom stereocenters. The van der Waals surface area contributed by atoms with Crippen LogP contribution in [0.25, 0.3) is 0 Å². The van der Waals surface area contributed by atoms with Gasteiger partial charge in [0.2, 0.25) is 0 Å². The molecule has 0 saturated heterocycles. The summed E-state index contributed by atoms with van der Waals surface area (Å²) in [6.07, 6.45) is 3.82. The number of aryl methyl sites for hydroxylation is 1. The zero-order valence-corrected chi connectivity index (χ0v) is 10.2. The molecule has 0 bridgehead atoms. The molecule has 72 valence electrons. The molecule has 0 atom stereocenters. The molecular weight excluding hydrogens is 246 g/mol. The fraction of sp³-hybridized carbons (Fsp3) is 0.600. The Labute approximate surface area is 91.5 Å². The van der Waals surface area contributed by atoms with Crippen molar-refractivity contribution < 1.29 is 0 Å². The van der Waals surface area contributed by atoms with Crippen molar-refractivity contribution >= 4 is 27.3 Å². The van der Waals surface area contributed by atoms with Crippen molar-refractivity contribution in [1.29, 1.82) is 0 Å². The van der Waals surface area contributed by atoms with Gasteiger partial charge in [-0.3, -0.25) is 0 Å². The molecule has 0 amide bonds. The van der Waals surface area contributed by atoms with Crippen LogP contribution in [0.5, 0.6) is 0 Å². The molecule has 1 aliphatic rings. The first-order chi connectivity index (χ1) is 6.15. The van der Waals surface area contributed by atoms with Crippen LogP contribution in [0.4, 0.5) is 0 Å². The number of thiophene rings is 1. The van der Waals surface area contributed by atoms with Crippen molar-refractivity contribution in [1.82, 2.24) is 0 Å². The Bertz CT molecular complexity index is 295. The maximum absolute atomic E-state index is 5.75. The van der Waals surface area contributed by atoms with Crippen molar-refractivity contribution in [2.45, 2.75) is 26.2 Å². The largest absolute Gasteiger partial charge is 0.330 e. The minimum atomic E-state index is 0.469. The Hall–Kier alpha value is 0.140. The van der Waals surface area contributed by atoms with E-state index in [-0.39, 0.29) is 0 Å². The van der Waals surface area contributed by atoms with Gasteiger partial charge in [-0.1, -0.05) is 0 Å². The van der Waals surface area contributed by atoms with Gasteiger partial charge in [-0.25, -0.2) is 0 Å². The second-order valence-electron chi connectivity index (χ2n) is 4.00. The van der Waals surface area contributed by atoms with Crippen LogP contribution < -0.4 is 5.73 Å². The Morgan fingerprint density at radius 2 is 2.31 bits per heavy atom. The Kier molecular flexibility index (Phi) is 2.51. The van der Waals surface area contributed by atoms with Crippen LogP contribution in [0, 0.1) is 12.3 Å². The quantitative estimate of drug-likeness (QED) is 0.887. The Balaban J connectivity index is 2.10. The second-order valence-corrected chi connectivity index (χ2v) is 6.19. The zero-order valence-electron chi connectivity index (χ0n) is 7.77. The molecule has 2 N–H and O–H groups in total. The summed E-state index contributed by atoms with van der Waals surface area (Å²) in [5, 5.41) is 0. The lowest BCUT2D eigenvalue weighted by atomic mass is 10.0. The number of hydrogen-bond acceptors (Lipinski definition) is 2. The van der Waals surface area contributed by atoms with E-state index in [0.29, 0.717) is 5.41 Å². The van der Waals surface area contributed by atoms with E-state index in [1.165, 1.54) is 33.5 Å². The van der Waals surface area contributed by atoms with Gasteiger partial charge in [-0.2, -0.15) is 0 Å². The van der Waals surface area contributed by atoms with Crippen LogP contribution in [0.15, 0.2) is 10.5 Å². The summed E-state index contributed by atoms with van der Waals surface area (Å²) in [5.41, 5.74) is 6.22. The van der Waals surface area contributed by atoms with E-state index in [4.69, 9.17) is 5.73 Å². The molecule has 1 aromatic rings. The van der Waals surface area contributed by atoms with Crippen LogP contribution in [0.2, 0.25) is 0 Å². The third-order valence-electron chi connectivity index (χ3n) is 2.85. The van der Waals surface area contributed by atoms with Gasteiger partial charge in [-0.15, -0.1) is 11.3 Å². The molecule has 0 radical (unpaired) electrons. The van der Waals surface area contributed by atoms with E-state index >= 15 is 0 Å². The highest BCUT2D eigenvalue weighted by molar-refractivity contribution is 9.10. The molecule has 0 aromatic carbocycles. The van der Waals surface area contributed by atoms with Crippen molar-refractivity contribution in [3.63, 3.8) is 0 Å². The first-order valence-corrected chi connectivity index (χ1v) is 6.21. The lowest BCUT2D eigenvalue weighted by Gasteiger charge is -2.09. The van der Waals surface area contributed by atoms with Gasteiger partial charge >= 0.3 is 0 Å². The average molecular weight is 260 g/mol. The van der Waals surface area contributed by atoms with Gasteiger partial charge in [0.1, 0.15) is 0 Å². The van der Waals surface area contributed by atoms with Crippen LogP contribution in [-0.2, 0) is 6.42 Å². The van der Waals surface area contributed by atoms with E-state index < -0.39 is 0 Å². The third-order valence-corrected chi connectivity index (χ3v) is 4.98. The highest BCUT2D eigenvalue weighted by Crippen LogP contribution is 2.48. The fourth-order valence-electron chi connectivity index (χ4n) is 1.60. The van der Waals surface area contributed by atoms with Crippen molar-refractivity contribution in [3.8, 4) is 0 Å². The summed E-state index contributed by atoms with van der Waals surface area (Å²) in [7, 11) is 0. The van der Waals surface area contributed by atoms with Crippen LogP contribution >= 0.6 is 27.3 Å². The standard InChI is InChI=1S/C10H14BrNS/c1-7-9(11)4-8(13-7)5-10(6-12)2-3-10/h4H,2-3,5-6,12H2,1H3. The van der Waals surface area contributed by atoms with Gasteiger partial charge in [-0.05, 0) is 60.1 Å². The second kappa shape index (κ2) is 3.37. The molecule has 2 rings (SSSR count). The molecule has 13 heavy (non-hydrogen) atoms. The molecule has 0 spiro atoms. The average Bonchev–Trinajstić information content (AvgIpc) is 2.78. The summed E-state index contributed by atoms with van der Waals surface area (Å²) in [6, 6.07) is 2.25. The number of rotatable bonds is 3. The Morgan fingerprint density at radius 1 is 1.62 bits per heavy atom. The highest BCUT2D eigenvalue weighted by atomic mass is 79.9. The molecule has 1 nitrogen and oxygen atoms in total. The van der Waals surface area contributed by atoms with Gasteiger partial charge in [0.25, 0.3) is 0 Å². The van der Waals surface area contributed by atoms with Crippen LogP contribution in [0.1, 0.15) is 22.6 Å². The molecule has 1 saturated carbocycles. The molecule has 1 aromatic heterocycles. The first-order valence-electron chi connectivity index (χ1n) is 4.60. The topological polar surface area (TPSA) is 26.0 Å². The normalized spacial score (nSPS) is 19.0. The van der Waals surface area contributed by atoms with E-state index in [1.807, 2.05) is 11.3 Å². The van der Waals surface area contributed by atoms with Gasteiger partial charge in [0.05, 0.1) is 0 Å². The molecule has 3 heteroatoms. The predicted molar refractivity (Wildman–Crippen MR) is 61.2 cm³/mol. The Morgan fingerprint density at radius 3 is 2.69 bits per heavy atom. The fourth-order valence-corrected chi connectivity index (χ4v) is 3.38. The summed E-state index contributed by atoms with van der Waals surface area (Å²) in [5.74, 6) is 0. The monoisotopic (exact) mass is 259 g/mol. The zero-order chi connectivity index (χ0) is 9.47. The lowest BCUT2D eigenvalue weighted by molar-refractivity contribution is 0.525. The van der Waals surface area contributed by atoms with E-state index in [1.54, 1.807) is 0 Å². The molecule has 1 aliphatic carbocycles. The van der Waals surface area contributed by atoms with Crippen molar-refractivity contribution in [3.05, 3.63) is 20.3 Å². The summed E-state index contributed by atoms with van der Waals surface area (Å²) >= 11 is 5.44. The highest BCUT2D eigenvalue weighted by Gasteiger charge is 2.41. The summed E-state index contributed by atoms with van der Waals surface area (Å²) in [4.78, 5) is 2.86. The van der Waals surface area contributed by atoms with E-state index in [0.717, 1.165) is 6.54 Å². The minimum absolute atomic E-state index is 0.469. The van der Waals surface area contributed by atoms with Gasteiger partial charge in [0.15, 0.2) is 0 Å². The van der Waals surface area contributed by atoms with Crippen LogP contribution in [0.3, 0.4) is 0 Å². The predicted octanol–water partition coefficient (Wildman–Crippen LogP) is 3.10. The van der Waals surface area contributed by atoms with E-state index in [9.17, 15) is 0 Å². The summed E-state index contributed by atoms with van der Waals surface area (Å²) in [6.45, 7) is 3.00. The molecule has 1 fully saturated rings. The molecular formula is C10H14BrNS. The SMILES string of the molecule is Cc1sc(CC2(CN)CC2)cc1Br. The van der Waals surface area contributed by atoms with Gasteiger partial charge in [0, 0.05) is 14.2 Å².